The summed E-state index contributed by atoms with van der Waals surface area (Å²) in [5, 5.41) is 7.30. The van der Waals surface area contributed by atoms with Crippen molar-refractivity contribution in [2.75, 3.05) is 17.8 Å². The summed E-state index contributed by atoms with van der Waals surface area (Å²) in [5.41, 5.74) is 6.89. The lowest BCUT2D eigenvalue weighted by Crippen LogP contribution is -2.30. The molecule has 0 aliphatic carbocycles. The molecule has 0 radical (unpaired) electrons. The maximum Gasteiger partial charge on any atom is 0.275 e. The van der Waals surface area contributed by atoms with Crippen LogP contribution in [0.25, 0.3) is 17.2 Å². The zero-order valence-corrected chi connectivity index (χ0v) is 13.8. The smallest absolute Gasteiger partial charge is 0.275 e. The van der Waals surface area contributed by atoms with E-state index in [-0.39, 0.29) is 11.5 Å². The van der Waals surface area contributed by atoms with Gasteiger partial charge in [-0.3, -0.25) is 15.6 Å². The van der Waals surface area contributed by atoms with Crippen molar-refractivity contribution < 1.29 is 9.21 Å². The lowest BCUT2D eigenvalue weighted by Gasteiger charge is -2.09. The number of fused-ring (bicyclic) bond motifs is 1. The summed E-state index contributed by atoms with van der Waals surface area (Å²) in [6.07, 6.45) is 2.99. The van der Waals surface area contributed by atoms with Crippen LogP contribution in [0.3, 0.4) is 0 Å². The van der Waals surface area contributed by atoms with E-state index in [1.54, 1.807) is 19.2 Å². The molecule has 9 nitrogen and oxygen atoms in total. The molecule has 3 N–H and O–H groups in total. The Kier molecular flexibility index (Phi) is 3.94. The van der Waals surface area contributed by atoms with Crippen LogP contribution in [0.1, 0.15) is 10.4 Å². The number of amides is 1. The average molecular weight is 349 g/mol. The van der Waals surface area contributed by atoms with Gasteiger partial charge in [-0.2, -0.15) is 4.52 Å². The fraction of sp³-hybridized carbons (Fsp3) is 0.0588. The van der Waals surface area contributed by atoms with Gasteiger partial charge < -0.3 is 9.73 Å². The number of benzene rings is 1. The van der Waals surface area contributed by atoms with E-state index < -0.39 is 0 Å². The van der Waals surface area contributed by atoms with E-state index in [0.717, 1.165) is 5.69 Å². The quantitative estimate of drug-likeness (QED) is 0.474. The van der Waals surface area contributed by atoms with Crippen molar-refractivity contribution in [3.63, 3.8) is 0 Å². The average Bonchev–Trinajstić information content (AvgIpc) is 3.35. The van der Waals surface area contributed by atoms with Crippen LogP contribution in [0, 0.1) is 0 Å². The van der Waals surface area contributed by atoms with E-state index in [0.29, 0.717) is 23.2 Å². The first-order valence-corrected chi connectivity index (χ1v) is 7.85. The highest BCUT2D eigenvalue weighted by Gasteiger charge is 2.19. The molecule has 0 aliphatic heterocycles. The van der Waals surface area contributed by atoms with Crippen LogP contribution in [0.2, 0.25) is 0 Å². The van der Waals surface area contributed by atoms with Crippen LogP contribution in [-0.4, -0.2) is 32.5 Å². The van der Waals surface area contributed by atoms with Gasteiger partial charge in [0.15, 0.2) is 11.4 Å². The van der Waals surface area contributed by atoms with Gasteiger partial charge in [-0.1, -0.05) is 18.2 Å². The first-order valence-electron chi connectivity index (χ1n) is 7.85. The Bertz CT molecular complexity index is 1040. The van der Waals surface area contributed by atoms with Crippen molar-refractivity contribution in [1.82, 2.24) is 25.0 Å². The van der Waals surface area contributed by atoms with Crippen LogP contribution in [0.15, 0.2) is 59.3 Å². The largest absolute Gasteiger partial charge is 0.461 e. The van der Waals surface area contributed by atoms with Crippen molar-refractivity contribution >= 4 is 23.2 Å². The molecule has 9 heteroatoms. The number of anilines is 2. The van der Waals surface area contributed by atoms with Crippen molar-refractivity contribution in [3.8, 4) is 11.6 Å². The molecule has 0 aliphatic rings. The van der Waals surface area contributed by atoms with Crippen molar-refractivity contribution in [3.05, 3.63) is 60.5 Å². The van der Waals surface area contributed by atoms with Gasteiger partial charge in [0.2, 0.25) is 11.8 Å². The van der Waals surface area contributed by atoms with Gasteiger partial charge >= 0.3 is 0 Å². The summed E-state index contributed by atoms with van der Waals surface area (Å²) in [6, 6.07) is 12.8. The summed E-state index contributed by atoms with van der Waals surface area (Å²) in [5.74, 6) is 0.944. The lowest BCUT2D eigenvalue weighted by molar-refractivity contribution is 0.0963. The van der Waals surface area contributed by atoms with Gasteiger partial charge in [0.05, 0.1) is 12.0 Å². The minimum atomic E-state index is -0.382. The number of carbonyl (C=O) groups is 1. The fourth-order valence-electron chi connectivity index (χ4n) is 2.43. The van der Waals surface area contributed by atoms with Gasteiger partial charge in [-0.25, -0.2) is 9.97 Å². The van der Waals surface area contributed by atoms with Crippen molar-refractivity contribution in [2.24, 2.45) is 0 Å². The Hall–Kier alpha value is -3.88. The van der Waals surface area contributed by atoms with Gasteiger partial charge in [0.25, 0.3) is 5.91 Å². The molecule has 3 heterocycles. The predicted octanol–water partition coefficient (Wildman–Crippen LogP) is 2.18. The second-order valence-corrected chi connectivity index (χ2v) is 5.34. The summed E-state index contributed by atoms with van der Waals surface area (Å²) in [6.45, 7) is 0. The molecule has 0 saturated heterocycles. The molecule has 0 atom stereocenters. The number of hydrazine groups is 1. The molecular weight excluding hydrogens is 334 g/mol. The molecule has 0 spiro atoms. The second kappa shape index (κ2) is 6.55. The van der Waals surface area contributed by atoms with Crippen LogP contribution in [0.5, 0.6) is 0 Å². The van der Waals surface area contributed by atoms with E-state index in [2.05, 4.69) is 31.2 Å². The first kappa shape index (κ1) is 15.6. The molecule has 0 fully saturated rings. The number of furan rings is 1. The van der Waals surface area contributed by atoms with Crippen LogP contribution in [0.4, 0.5) is 11.6 Å². The predicted molar refractivity (Wildman–Crippen MR) is 95.6 cm³/mol. The minimum absolute atomic E-state index is 0.276. The number of hydrogen-bond donors (Lipinski definition) is 3. The third-order valence-electron chi connectivity index (χ3n) is 3.67. The number of rotatable bonds is 5. The Morgan fingerprint density at radius 1 is 1.15 bits per heavy atom. The molecule has 1 amide bonds. The molecule has 1 aromatic carbocycles. The topological polar surface area (TPSA) is 109 Å². The minimum Gasteiger partial charge on any atom is -0.461 e. The van der Waals surface area contributed by atoms with Gasteiger partial charge in [0, 0.05) is 13.2 Å². The van der Waals surface area contributed by atoms with Gasteiger partial charge in [0.1, 0.15) is 5.56 Å². The molecule has 4 rings (SSSR count). The summed E-state index contributed by atoms with van der Waals surface area (Å²) in [4.78, 5) is 21.2. The molecule has 4 aromatic rings. The highest BCUT2D eigenvalue weighted by molar-refractivity contribution is 6.00. The van der Waals surface area contributed by atoms with Crippen LogP contribution < -0.4 is 16.2 Å². The summed E-state index contributed by atoms with van der Waals surface area (Å²) >= 11 is 0. The van der Waals surface area contributed by atoms with Crippen LogP contribution >= 0.6 is 0 Å². The number of aromatic nitrogens is 4. The SMILES string of the molecule is CNc1ncc(C(=O)NNc2ccccc2)c2nc(-c3ccco3)nn12. The van der Waals surface area contributed by atoms with E-state index in [1.165, 1.54) is 17.0 Å². The van der Waals surface area contributed by atoms with Crippen LogP contribution in [-0.2, 0) is 0 Å². The molecule has 3 aromatic heterocycles. The number of nitrogens with one attached hydrogen (secondary N) is 3. The van der Waals surface area contributed by atoms with Gasteiger partial charge in [-0.05, 0) is 24.3 Å². The maximum atomic E-state index is 12.6. The Morgan fingerprint density at radius 3 is 2.73 bits per heavy atom. The monoisotopic (exact) mass is 349 g/mol. The molecule has 130 valence electrons. The van der Waals surface area contributed by atoms with Crippen molar-refractivity contribution in [1.29, 1.82) is 0 Å². The van der Waals surface area contributed by atoms with E-state index in [4.69, 9.17) is 4.42 Å². The lowest BCUT2D eigenvalue weighted by atomic mass is 10.3. The Morgan fingerprint density at radius 2 is 2.00 bits per heavy atom. The maximum absolute atomic E-state index is 12.6. The number of para-hydroxylation sites is 1. The zero-order chi connectivity index (χ0) is 17.9. The van der Waals surface area contributed by atoms with Crippen molar-refractivity contribution in [2.45, 2.75) is 0 Å². The zero-order valence-electron chi connectivity index (χ0n) is 13.8. The van der Waals surface area contributed by atoms with Gasteiger partial charge in [-0.15, -0.1) is 5.10 Å². The number of carbonyl (C=O) groups excluding carboxylic acids is 1. The number of hydrogen-bond acceptors (Lipinski definition) is 7. The third kappa shape index (κ3) is 2.81. The molecule has 0 unspecified atom stereocenters. The standard InChI is InChI=1S/C17H15N7O2/c1-18-17-19-10-12(16(25)22-21-11-6-3-2-4-7-11)15-20-14(23-24(15)17)13-8-5-9-26-13/h2-10,21H,1H3,(H,18,19)(H,22,25). The summed E-state index contributed by atoms with van der Waals surface area (Å²) < 4.78 is 6.80. The van der Waals surface area contributed by atoms with E-state index >= 15 is 0 Å². The number of nitrogens with zero attached hydrogens (tertiary/aromatic N) is 4. The highest BCUT2D eigenvalue weighted by Crippen LogP contribution is 2.20. The summed E-state index contributed by atoms with van der Waals surface area (Å²) in [7, 11) is 1.72. The molecular formula is C17H15N7O2. The fourth-order valence-corrected chi connectivity index (χ4v) is 2.43. The first-order chi connectivity index (χ1) is 12.8. The normalized spacial score (nSPS) is 10.7. The molecule has 0 saturated carbocycles. The Balaban J connectivity index is 1.69. The Labute approximate surface area is 148 Å². The molecule has 0 bridgehead atoms. The highest BCUT2D eigenvalue weighted by atomic mass is 16.3. The third-order valence-corrected chi connectivity index (χ3v) is 3.67. The molecule has 26 heavy (non-hydrogen) atoms. The van der Waals surface area contributed by atoms with E-state index in [1.807, 2.05) is 30.3 Å². The second-order valence-electron chi connectivity index (χ2n) is 5.34. The van der Waals surface area contributed by atoms with E-state index in [9.17, 15) is 4.79 Å².